The van der Waals surface area contributed by atoms with E-state index in [0.717, 1.165) is 37.7 Å². The lowest BCUT2D eigenvalue weighted by molar-refractivity contribution is -0.118. The zero-order valence-electron chi connectivity index (χ0n) is 19.8. The number of aromatic nitrogens is 3. The molecule has 184 valence electrons. The number of nitrogens with one attached hydrogen (secondary N) is 1. The van der Waals surface area contributed by atoms with E-state index in [1.54, 1.807) is 23.5 Å². The maximum atomic E-state index is 12.3. The van der Waals surface area contributed by atoms with Crippen LogP contribution in [0.15, 0.2) is 91.1 Å². The number of carbonyl (C=O) groups is 1. The molecule has 0 saturated carbocycles. The van der Waals surface area contributed by atoms with Crippen LogP contribution in [-0.2, 0) is 4.79 Å². The Kier molecular flexibility index (Phi) is 6.22. The SMILES string of the molecule is N#Cc1ccc(NC(=O)COc2ccc(-c3c(-c4ccc(Cl)cc4)nc4sc5ccccc5n34)cc2)nc1. The lowest BCUT2D eigenvalue weighted by Gasteiger charge is -2.09. The Morgan fingerprint density at radius 2 is 1.76 bits per heavy atom. The number of carbonyl (C=O) groups excluding carboxylic acids is 1. The van der Waals surface area contributed by atoms with Crippen LogP contribution in [0.1, 0.15) is 5.56 Å². The van der Waals surface area contributed by atoms with E-state index in [-0.39, 0.29) is 12.5 Å². The molecule has 3 aromatic carbocycles. The molecule has 0 aliphatic carbocycles. The van der Waals surface area contributed by atoms with Gasteiger partial charge in [0.1, 0.15) is 17.6 Å². The van der Waals surface area contributed by atoms with E-state index >= 15 is 0 Å². The lowest BCUT2D eigenvalue weighted by atomic mass is 10.0. The molecule has 0 spiro atoms. The number of halogens is 1. The summed E-state index contributed by atoms with van der Waals surface area (Å²) in [6.45, 7) is -0.177. The molecule has 0 fully saturated rings. The first-order valence-corrected chi connectivity index (χ1v) is 12.8. The number of hydrogen-bond donors (Lipinski definition) is 1. The van der Waals surface area contributed by atoms with Crippen molar-refractivity contribution in [3.8, 4) is 34.3 Å². The number of imidazole rings is 1. The predicted molar refractivity (Wildman–Crippen MR) is 150 cm³/mol. The smallest absolute Gasteiger partial charge is 0.263 e. The summed E-state index contributed by atoms with van der Waals surface area (Å²) in [5.41, 5.74) is 5.27. The van der Waals surface area contributed by atoms with E-state index in [4.69, 9.17) is 26.6 Å². The Labute approximate surface area is 226 Å². The van der Waals surface area contributed by atoms with Gasteiger partial charge in [-0.15, -0.1) is 0 Å². The van der Waals surface area contributed by atoms with Gasteiger partial charge >= 0.3 is 0 Å². The molecule has 38 heavy (non-hydrogen) atoms. The first-order valence-electron chi connectivity index (χ1n) is 11.6. The summed E-state index contributed by atoms with van der Waals surface area (Å²) in [6, 6.07) is 28.7. The van der Waals surface area contributed by atoms with Crippen LogP contribution in [0.25, 0.3) is 37.7 Å². The minimum atomic E-state index is -0.349. The topological polar surface area (TPSA) is 92.3 Å². The van der Waals surface area contributed by atoms with Gasteiger partial charge < -0.3 is 10.1 Å². The van der Waals surface area contributed by atoms with Crippen molar-refractivity contribution in [3.63, 3.8) is 0 Å². The van der Waals surface area contributed by atoms with Crippen molar-refractivity contribution < 1.29 is 9.53 Å². The fourth-order valence-electron chi connectivity index (χ4n) is 4.16. The third-order valence-electron chi connectivity index (χ3n) is 5.93. The molecule has 0 saturated heterocycles. The minimum Gasteiger partial charge on any atom is -0.484 e. The molecule has 6 aromatic rings. The standard InChI is InChI=1S/C29H18ClN5O2S/c30-21-10-6-19(7-11-21)27-28(35-23-3-1-2-4-24(23)38-29(35)34-27)20-8-12-22(13-9-20)37-17-26(36)33-25-14-5-18(15-31)16-32-25/h1-14,16H,17H2,(H,32,33,36). The van der Waals surface area contributed by atoms with Gasteiger partial charge in [-0.05, 0) is 60.7 Å². The van der Waals surface area contributed by atoms with Crippen LogP contribution < -0.4 is 10.1 Å². The maximum absolute atomic E-state index is 12.3. The second-order valence-electron chi connectivity index (χ2n) is 8.41. The molecule has 0 bridgehead atoms. The molecule has 1 N–H and O–H groups in total. The summed E-state index contributed by atoms with van der Waals surface area (Å²) in [5.74, 6) is 0.564. The molecular formula is C29H18ClN5O2S. The Morgan fingerprint density at radius 3 is 2.50 bits per heavy atom. The van der Waals surface area contributed by atoms with Crippen molar-refractivity contribution >= 4 is 49.8 Å². The number of ether oxygens (including phenoxy) is 1. The number of amides is 1. The predicted octanol–water partition coefficient (Wildman–Crippen LogP) is 6.82. The Morgan fingerprint density at radius 1 is 1.00 bits per heavy atom. The van der Waals surface area contributed by atoms with Crippen LogP contribution in [-0.4, -0.2) is 26.9 Å². The number of fused-ring (bicyclic) bond motifs is 3. The number of pyridine rings is 1. The highest BCUT2D eigenvalue weighted by Gasteiger charge is 2.20. The van der Waals surface area contributed by atoms with Gasteiger partial charge in [-0.25, -0.2) is 9.97 Å². The zero-order chi connectivity index (χ0) is 26.1. The number of para-hydroxylation sites is 1. The molecule has 7 nitrogen and oxygen atoms in total. The molecule has 0 radical (unpaired) electrons. The van der Waals surface area contributed by atoms with Crippen molar-refractivity contribution in [1.82, 2.24) is 14.4 Å². The molecule has 0 unspecified atom stereocenters. The van der Waals surface area contributed by atoms with Crippen molar-refractivity contribution in [2.24, 2.45) is 0 Å². The average molecular weight is 536 g/mol. The summed E-state index contributed by atoms with van der Waals surface area (Å²) >= 11 is 7.78. The van der Waals surface area contributed by atoms with E-state index < -0.39 is 0 Å². The quantitative estimate of drug-likeness (QED) is 0.252. The van der Waals surface area contributed by atoms with Gasteiger partial charge in [-0.1, -0.05) is 47.2 Å². The fraction of sp³-hybridized carbons (Fsp3) is 0.0345. The first kappa shape index (κ1) is 23.7. The van der Waals surface area contributed by atoms with Gasteiger partial charge in [0.15, 0.2) is 11.6 Å². The molecule has 3 heterocycles. The van der Waals surface area contributed by atoms with E-state index in [1.165, 1.54) is 6.20 Å². The first-order chi connectivity index (χ1) is 18.6. The lowest BCUT2D eigenvalue weighted by Crippen LogP contribution is -2.20. The fourth-order valence-corrected chi connectivity index (χ4v) is 5.32. The molecule has 1 amide bonds. The largest absolute Gasteiger partial charge is 0.484 e. The normalized spacial score (nSPS) is 10.9. The summed E-state index contributed by atoms with van der Waals surface area (Å²) in [4.78, 5) is 22.2. The third kappa shape index (κ3) is 4.57. The zero-order valence-corrected chi connectivity index (χ0v) is 21.3. The van der Waals surface area contributed by atoms with Crippen LogP contribution in [0, 0.1) is 11.3 Å². The number of thiazole rings is 1. The summed E-state index contributed by atoms with van der Waals surface area (Å²) < 4.78 is 9.03. The highest BCUT2D eigenvalue weighted by Crippen LogP contribution is 2.39. The highest BCUT2D eigenvalue weighted by atomic mass is 35.5. The van der Waals surface area contributed by atoms with Crippen LogP contribution in [0.5, 0.6) is 5.75 Å². The highest BCUT2D eigenvalue weighted by molar-refractivity contribution is 7.23. The van der Waals surface area contributed by atoms with Crippen molar-refractivity contribution in [2.45, 2.75) is 0 Å². The van der Waals surface area contributed by atoms with Crippen LogP contribution in [0.2, 0.25) is 5.02 Å². The molecule has 3 aromatic heterocycles. The molecular weight excluding hydrogens is 518 g/mol. The second kappa shape index (κ2) is 9.98. The third-order valence-corrected chi connectivity index (χ3v) is 7.20. The van der Waals surface area contributed by atoms with Gasteiger partial charge in [0.05, 0.1) is 27.2 Å². The summed E-state index contributed by atoms with van der Waals surface area (Å²) in [6.07, 6.45) is 1.40. The Balaban J connectivity index is 1.28. The van der Waals surface area contributed by atoms with E-state index in [2.05, 4.69) is 26.8 Å². The van der Waals surface area contributed by atoms with Crippen molar-refractivity contribution in [2.75, 3.05) is 11.9 Å². The molecule has 6 rings (SSSR count). The Hall–Kier alpha value is -4.71. The second-order valence-corrected chi connectivity index (χ2v) is 9.85. The van der Waals surface area contributed by atoms with E-state index in [0.29, 0.717) is 22.2 Å². The molecule has 0 atom stereocenters. The van der Waals surface area contributed by atoms with Crippen LogP contribution in [0.3, 0.4) is 0 Å². The maximum Gasteiger partial charge on any atom is 0.263 e. The number of nitrogens with zero attached hydrogens (tertiary/aromatic N) is 4. The number of nitriles is 1. The van der Waals surface area contributed by atoms with E-state index in [9.17, 15) is 4.79 Å². The average Bonchev–Trinajstić information content (AvgIpc) is 3.49. The van der Waals surface area contributed by atoms with Gasteiger partial charge in [-0.3, -0.25) is 9.20 Å². The molecule has 9 heteroatoms. The number of rotatable bonds is 6. The monoisotopic (exact) mass is 535 g/mol. The van der Waals surface area contributed by atoms with Gasteiger partial charge in [0.2, 0.25) is 0 Å². The van der Waals surface area contributed by atoms with Crippen LogP contribution >= 0.6 is 22.9 Å². The summed E-state index contributed by atoms with van der Waals surface area (Å²) in [5, 5.41) is 12.2. The van der Waals surface area contributed by atoms with Crippen molar-refractivity contribution in [1.29, 1.82) is 5.26 Å². The van der Waals surface area contributed by atoms with Gasteiger partial charge in [0.25, 0.3) is 5.91 Å². The van der Waals surface area contributed by atoms with E-state index in [1.807, 2.05) is 66.7 Å². The van der Waals surface area contributed by atoms with Crippen molar-refractivity contribution in [3.05, 3.63) is 102 Å². The Bertz CT molecular complexity index is 1820. The molecule has 0 aliphatic heterocycles. The number of benzene rings is 3. The van der Waals surface area contributed by atoms with Gasteiger partial charge in [-0.2, -0.15) is 5.26 Å². The van der Waals surface area contributed by atoms with Gasteiger partial charge in [0, 0.05) is 22.3 Å². The minimum absolute atomic E-state index is 0.177. The number of hydrogen-bond acceptors (Lipinski definition) is 6. The van der Waals surface area contributed by atoms with Crippen LogP contribution in [0.4, 0.5) is 5.82 Å². The summed E-state index contributed by atoms with van der Waals surface area (Å²) in [7, 11) is 0. The molecule has 0 aliphatic rings. The number of anilines is 1.